The smallest absolute Gasteiger partial charge is 0.283 e. The fourth-order valence-electron chi connectivity index (χ4n) is 2.84. The van der Waals surface area contributed by atoms with Crippen molar-refractivity contribution in [2.75, 3.05) is 26.3 Å². The van der Waals surface area contributed by atoms with E-state index < -0.39 is 25.9 Å². The third-order valence-electron chi connectivity index (χ3n) is 4.09. The molecule has 0 spiro atoms. The Bertz CT molecular complexity index is 1020. The number of benzene rings is 1. The second-order valence-electron chi connectivity index (χ2n) is 5.82. The molecule has 11 heteroatoms. The molecule has 0 unspecified atom stereocenters. The van der Waals surface area contributed by atoms with Gasteiger partial charge in [-0.2, -0.15) is 21.9 Å². The maximum Gasteiger partial charge on any atom is 0.283 e. The monoisotopic (exact) mass is 403 g/mol. The van der Waals surface area contributed by atoms with E-state index in [0.29, 0.717) is 4.09 Å². The zero-order chi connectivity index (χ0) is 19.1. The minimum Gasteiger partial charge on any atom is -0.379 e. The van der Waals surface area contributed by atoms with E-state index in [9.17, 15) is 21.2 Å². The predicted molar refractivity (Wildman–Crippen MR) is 90.3 cm³/mol. The second kappa shape index (κ2) is 6.72. The van der Waals surface area contributed by atoms with Crippen LogP contribution in [0.3, 0.4) is 0 Å². The van der Waals surface area contributed by atoms with Gasteiger partial charge in [0.1, 0.15) is 10.7 Å². The molecule has 1 aromatic carbocycles. The van der Waals surface area contributed by atoms with Crippen LogP contribution >= 0.6 is 0 Å². The topological polar surface area (TPSA) is 98.6 Å². The molecule has 2 aromatic rings. The molecule has 0 saturated carbocycles. The van der Waals surface area contributed by atoms with Crippen molar-refractivity contribution in [3.05, 3.63) is 41.5 Å². The molecule has 1 aromatic heterocycles. The van der Waals surface area contributed by atoms with Crippen LogP contribution in [0, 0.1) is 19.7 Å². The number of rotatable bonds is 4. The summed E-state index contributed by atoms with van der Waals surface area (Å²) in [5.74, 6) is -0.576. The lowest BCUT2D eigenvalue weighted by Crippen LogP contribution is -2.41. The molecule has 1 aliphatic rings. The van der Waals surface area contributed by atoms with E-state index in [1.54, 1.807) is 0 Å². The fraction of sp³-hybridized carbons (Fsp3) is 0.400. The lowest BCUT2D eigenvalue weighted by atomic mass is 10.4. The normalized spacial score (nSPS) is 16.7. The van der Waals surface area contributed by atoms with Crippen molar-refractivity contribution in [1.82, 2.24) is 13.5 Å². The Labute approximate surface area is 151 Å². The maximum atomic E-state index is 13.1. The van der Waals surface area contributed by atoms with Gasteiger partial charge in [0.2, 0.25) is 10.0 Å². The van der Waals surface area contributed by atoms with Crippen molar-refractivity contribution in [2.45, 2.75) is 23.6 Å². The van der Waals surface area contributed by atoms with Gasteiger partial charge in [-0.15, -0.1) is 0 Å². The molecule has 0 atom stereocenters. The highest BCUT2D eigenvalue weighted by molar-refractivity contribution is 7.90. The van der Waals surface area contributed by atoms with Gasteiger partial charge in [0.25, 0.3) is 10.0 Å². The average Bonchev–Trinajstić information content (AvgIpc) is 2.92. The molecule has 142 valence electrons. The van der Waals surface area contributed by atoms with Crippen LogP contribution in [-0.4, -0.2) is 56.6 Å². The molecule has 2 heterocycles. The Morgan fingerprint density at radius 3 is 2.15 bits per heavy atom. The van der Waals surface area contributed by atoms with Gasteiger partial charge >= 0.3 is 0 Å². The SMILES string of the molecule is Cc1nn(S(=O)(=O)c2ccc(F)cc2)c(C)c1S(=O)(=O)N1CCOCC1. The molecule has 0 amide bonds. The van der Waals surface area contributed by atoms with Gasteiger partial charge in [-0.05, 0) is 38.1 Å². The summed E-state index contributed by atoms with van der Waals surface area (Å²) in [6.07, 6.45) is 0. The van der Waals surface area contributed by atoms with Gasteiger partial charge in [-0.3, -0.25) is 0 Å². The van der Waals surface area contributed by atoms with Crippen LogP contribution in [0.15, 0.2) is 34.1 Å². The fourth-order valence-corrected chi connectivity index (χ4v) is 6.02. The first kappa shape index (κ1) is 19.0. The standard InChI is InChI=1S/C15H18FN3O5S2/c1-11-15(26(22,23)18-7-9-24-10-8-18)12(2)19(17-11)25(20,21)14-5-3-13(16)4-6-14/h3-6H,7-10H2,1-2H3. The number of aryl methyl sites for hydroxylation is 1. The van der Waals surface area contributed by atoms with E-state index in [4.69, 9.17) is 4.74 Å². The Balaban J connectivity index is 2.10. The van der Waals surface area contributed by atoms with Crippen LogP contribution in [0.5, 0.6) is 0 Å². The summed E-state index contributed by atoms with van der Waals surface area (Å²) in [5, 5.41) is 3.94. The Hall–Kier alpha value is -1.82. The number of halogens is 1. The van der Waals surface area contributed by atoms with E-state index in [0.717, 1.165) is 24.3 Å². The third-order valence-corrected chi connectivity index (χ3v) is 7.92. The van der Waals surface area contributed by atoms with Crippen molar-refractivity contribution >= 4 is 20.0 Å². The summed E-state index contributed by atoms with van der Waals surface area (Å²) in [5.41, 5.74) is 0.0676. The van der Waals surface area contributed by atoms with Crippen molar-refractivity contribution in [2.24, 2.45) is 0 Å². The van der Waals surface area contributed by atoms with Gasteiger partial charge in [-0.1, -0.05) is 0 Å². The van der Waals surface area contributed by atoms with Crippen molar-refractivity contribution in [3.8, 4) is 0 Å². The highest BCUT2D eigenvalue weighted by atomic mass is 32.2. The third kappa shape index (κ3) is 3.15. The highest BCUT2D eigenvalue weighted by Crippen LogP contribution is 2.27. The number of hydrogen-bond donors (Lipinski definition) is 0. The highest BCUT2D eigenvalue weighted by Gasteiger charge is 2.34. The molecule has 26 heavy (non-hydrogen) atoms. The summed E-state index contributed by atoms with van der Waals surface area (Å²) >= 11 is 0. The van der Waals surface area contributed by atoms with Crippen molar-refractivity contribution in [3.63, 3.8) is 0 Å². The van der Waals surface area contributed by atoms with E-state index in [2.05, 4.69) is 5.10 Å². The minimum atomic E-state index is -4.15. The zero-order valence-electron chi connectivity index (χ0n) is 14.2. The summed E-state index contributed by atoms with van der Waals surface area (Å²) in [6.45, 7) is 3.76. The zero-order valence-corrected chi connectivity index (χ0v) is 15.8. The van der Waals surface area contributed by atoms with Gasteiger partial charge in [-0.25, -0.2) is 12.8 Å². The molecule has 1 saturated heterocycles. The number of aromatic nitrogens is 2. The first-order valence-corrected chi connectivity index (χ1v) is 10.7. The minimum absolute atomic E-state index is 0.0154. The van der Waals surface area contributed by atoms with Crippen LogP contribution in [0.25, 0.3) is 0 Å². The number of ether oxygens (including phenoxy) is 1. The van der Waals surface area contributed by atoms with Crippen molar-refractivity contribution < 1.29 is 26.0 Å². The van der Waals surface area contributed by atoms with Crippen molar-refractivity contribution in [1.29, 1.82) is 0 Å². The van der Waals surface area contributed by atoms with Crippen LogP contribution < -0.4 is 0 Å². The van der Waals surface area contributed by atoms with Crippen LogP contribution in [0.2, 0.25) is 0 Å². The van der Waals surface area contributed by atoms with Crippen LogP contribution in [0.4, 0.5) is 4.39 Å². The summed E-state index contributed by atoms with van der Waals surface area (Å²) in [7, 11) is -8.05. The van der Waals surface area contributed by atoms with Crippen LogP contribution in [-0.2, 0) is 24.8 Å². The first-order valence-electron chi connectivity index (χ1n) is 7.81. The quantitative estimate of drug-likeness (QED) is 0.752. The summed E-state index contributed by atoms with van der Waals surface area (Å²) < 4.78 is 71.6. The molecule has 0 bridgehead atoms. The molecule has 0 aliphatic carbocycles. The lowest BCUT2D eigenvalue weighted by molar-refractivity contribution is 0.0730. The number of sulfonamides is 1. The second-order valence-corrected chi connectivity index (χ2v) is 9.46. The molecular formula is C15H18FN3O5S2. The van der Waals surface area contributed by atoms with Gasteiger partial charge in [0.15, 0.2) is 0 Å². The van der Waals surface area contributed by atoms with E-state index in [-0.39, 0.29) is 47.5 Å². The Kier molecular flexibility index (Phi) is 4.90. The van der Waals surface area contributed by atoms with E-state index >= 15 is 0 Å². The number of hydrogen-bond acceptors (Lipinski definition) is 6. The largest absolute Gasteiger partial charge is 0.379 e. The Morgan fingerprint density at radius 2 is 1.58 bits per heavy atom. The summed E-state index contributed by atoms with van der Waals surface area (Å²) in [4.78, 5) is -0.315. The summed E-state index contributed by atoms with van der Waals surface area (Å²) in [6, 6.07) is 4.25. The van der Waals surface area contributed by atoms with E-state index in [1.165, 1.54) is 18.2 Å². The first-order chi connectivity index (χ1) is 12.2. The van der Waals surface area contributed by atoms with Crippen LogP contribution in [0.1, 0.15) is 11.4 Å². The molecule has 8 nitrogen and oxygen atoms in total. The van der Waals surface area contributed by atoms with E-state index in [1.807, 2.05) is 0 Å². The molecule has 0 radical (unpaired) electrons. The maximum absolute atomic E-state index is 13.1. The molecular weight excluding hydrogens is 385 g/mol. The number of morpholine rings is 1. The molecule has 1 fully saturated rings. The Morgan fingerprint density at radius 1 is 1.00 bits per heavy atom. The molecule has 1 aliphatic heterocycles. The van der Waals surface area contributed by atoms with Gasteiger partial charge < -0.3 is 4.74 Å². The predicted octanol–water partition coefficient (Wildman–Crippen LogP) is 0.897. The molecule has 0 N–H and O–H groups in total. The molecule has 3 rings (SSSR count). The number of nitrogens with zero attached hydrogens (tertiary/aromatic N) is 3. The average molecular weight is 403 g/mol. The lowest BCUT2D eigenvalue weighted by Gasteiger charge is -2.26. The van der Waals surface area contributed by atoms with Gasteiger partial charge in [0, 0.05) is 13.1 Å². The van der Waals surface area contributed by atoms with Gasteiger partial charge in [0.05, 0.1) is 29.5 Å².